The van der Waals surface area contributed by atoms with Gasteiger partial charge in [-0.2, -0.15) is 0 Å². The van der Waals surface area contributed by atoms with Crippen LogP contribution in [-0.2, 0) is 20.9 Å². The van der Waals surface area contributed by atoms with E-state index in [9.17, 15) is 14.0 Å². The van der Waals surface area contributed by atoms with Gasteiger partial charge < -0.3 is 21.3 Å². The van der Waals surface area contributed by atoms with Crippen LogP contribution in [0.1, 0.15) is 18.4 Å². The number of alkyl halides is 1. The monoisotopic (exact) mass is 298 g/mol. The van der Waals surface area contributed by atoms with Crippen molar-refractivity contribution in [2.75, 3.05) is 6.67 Å². The maximum absolute atomic E-state index is 12.7. The predicted octanol–water partition coefficient (Wildman–Crippen LogP) is 0.589. The first-order valence-electron chi connectivity index (χ1n) is 6.43. The van der Waals surface area contributed by atoms with E-state index in [1.165, 1.54) is 0 Å². The molecule has 1 rings (SSSR count). The van der Waals surface area contributed by atoms with Crippen LogP contribution in [0.25, 0.3) is 0 Å². The number of hydrogen-bond acceptors (Lipinski definition) is 5. The molecule has 0 heterocycles. The van der Waals surface area contributed by atoms with Crippen LogP contribution >= 0.6 is 0 Å². The molecular formula is C14H19FN2O4. The molecule has 116 valence electrons. The van der Waals surface area contributed by atoms with Gasteiger partial charge in [-0.25, -0.2) is 4.39 Å². The van der Waals surface area contributed by atoms with Crippen molar-refractivity contribution in [1.29, 1.82) is 0 Å². The maximum atomic E-state index is 12.7. The second-order valence-electron chi connectivity index (χ2n) is 4.83. The quantitative estimate of drug-likeness (QED) is 0.605. The molecule has 1 aromatic rings. The Morgan fingerprint density at radius 3 is 2.48 bits per heavy atom. The number of ether oxygens (including phenoxy) is 1. The fourth-order valence-corrected chi connectivity index (χ4v) is 1.60. The Labute approximate surface area is 121 Å². The lowest BCUT2D eigenvalue weighted by atomic mass is 9.94. The second kappa shape index (κ2) is 7.70. The number of esters is 1. The Morgan fingerprint density at radius 2 is 1.95 bits per heavy atom. The summed E-state index contributed by atoms with van der Waals surface area (Å²) in [6.45, 7) is -1.16. The number of benzene rings is 1. The number of halogens is 1. The van der Waals surface area contributed by atoms with Gasteiger partial charge in [-0.15, -0.1) is 0 Å². The lowest BCUT2D eigenvalue weighted by Crippen LogP contribution is -2.51. The lowest BCUT2D eigenvalue weighted by Gasteiger charge is -2.22. The number of rotatable bonds is 8. The summed E-state index contributed by atoms with van der Waals surface area (Å²) >= 11 is 0. The molecule has 1 aromatic carbocycles. The summed E-state index contributed by atoms with van der Waals surface area (Å²) in [4.78, 5) is 22.5. The normalized spacial score (nSPS) is 15.0. The average molecular weight is 298 g/mol. The van der Waals surface area contributed by atoms with E-state index in [1.54, 1.807) is 24.3 Å². The minimum atomic E-state index is -2.02. The third-order valence-electron chi connectivity index (χ3n) is 3.09. The minimum Gasteiger partial charge on any atom is -0.480 e. The van der Waals surface area contributed by atoms with E-state index in [-0.39, 0.29) is 19.4 Å². The highest BCUT2D eigenvalue weighted by atomic mass is 19.1. The highest BCUT2D eigenvalue weighted by Gasteiger charge is 2.35. The molecule has 0 saturated carbocycles. The van der Waals surface area contributed by atoms with Crippen molar-refractivity contribution in [1.82, 2.24) is 0 Å². The van der Waals surface area contributed by atoms with E-state index in [2.05, 4.69) is 0 Å². The summed E-state index contributed by atoms with van der Waals surface area (Å²) in [5.41, 5.74) is 9.76. The predicted molar refractivity (Wildman–Crippen MR) is 74.0 cm³/mol. The van der Waals surface area contributed by atoms with Crippen molar-refractivity contribution in [2.45, 2.75) is 31.0 Å². The zero-order valence-corrected chi connectivity index (χ0v) is 11.5. The van der Waals surface area contributed by atoms with Crippen LogP contribution in [0, 0.1) is 0 Å². The molecule has 0 aromatic heterocycles. The number of nitrogens with two attached hydrogens (primary N) is 2. The molecule has 0 radical (unpaired) electrons. The molecule has 0 fully saturated rings. The van der Waals surface area contributed by atoms with Gasteiger partial charge in [-0.05, 0) is 18.4 Å². The van der Waals surface area contributed by atoms with Gasteiger partial charge in [0.1, 0.15) is 24.9 Å². The van der Waals surface area contributed by atoms with Crippen LogP contribution in [0.5, 0.6) is 0 Å². The minimum absolute atomic E-state index is 0.0691. The smallest absolute Gasteiger partial charge is 0.326 e. The van der Waals surface area contributed by atoms with E-state index >= 15 is 0 Å². The fraction of sp³-hybridized carbons (Fsp3) is 0.429. The fourth-order valence-electron chi connectivity index (χ4n) is 1.60. The molecule has 0 bridgehead atoms. The van der Waals surface area contributed by atoms with Crippen molar-refractivity contribution in [3.05, 3.63) is 35.9 Å². The Balaban J connectivity index is 2.43. The third-order valence-corrected chi connectivity index (χ3v) is 3.09. The first-order chi connectivity index (χ1) is 9.89. The van der Waals surface area contributed by atoms with Crippen molar-refractivity contribution in [3.8, 4) is 0 Å². The molecule has 0 saturated heterocycles. The molecule has 5 N–H and O–H groups in total. The second-order valence-corrected chi connectivity index (χ2v) is 4.83. The van der Waals surface area contributed by atoms with Crippen LogP contribution in [0.2, 0.25) is 0 Å². The summed E-state index contributed by atoms with van der Waals surface area (Å²) in [5.74, 6) is -2.14. The summed E-state index contributed by atoms with van der Waals surface area (Å²) in [7, 11) is 0. The summed E-state index contributed by atoms with van der Waals surface area (Å²) in [6, 6.07) is 7.98. The number of hydrogen-bond donors (Lipinski definition) is 3. The van der Waals surface area contributed by atoms with Crippen LogP contribution in [0.15, 0.2) is 30.3 Å². The largest absolute Gasteiger partial charge is 0.480 e. The van der Waals surface area contributed by atoms with Crippen LogP contribution in [0.4, 0.5) is 4.39 Å². The van der Waals surface area contributed by atoms with E-state index < -0.39 is 30.2 Å². The van der Waals surface area contributed by atoms with Crippen molar-refractivity contribution in [2.24, 2.45) is 11.5 Å². The van der Waals surface area contributed by atoms with Gasteiger partial charge in [-0.3, -0.25) is 9.59 Å². The van der Waals surface area contributed by atoms with Crippen molar-refractivity contribution in [3.63, 3.8) is 0 Å². The molecule has 0 aliphatic heterocycles. The molecular weight excluding hydrogens is 279 g/mol. The van der Waals surface area contributed by atoms with Crippen LogP contribution in [0.3, 0.4) is 0 Å². The van der Waals surface area contributed by atoms with Crippen LogP contribution < -0.4 is 11.5 Å². The Kier molecular flexibility index (Phi) is 6.26. The van der Waals surface area contributed by atoms with Crippen LogP contribution in [-0.4, -0.2) is 35.3 Å². The molecule has 21 heavy (non-hydrogen) atoms. The zero-order chi connectivity index (χ0) is 15.9. The summed E-state index contributed by atoms with van der Waals surface area (Å²) < 4.78 is 17.7. The van der Waals surface area contributed by atoms with Gasteiger partial charge in [0.2, 0.25) is 0 Å². The number of carbonyl (C=O) groups excluding carboxylic acids is 1. The Bertz CT molecular complexity index is 483. The molecule has 7 heteroatoms. The molecule has 0 amide bonds. The topological polar surface area (TPSA) is 116 Å². The lowest BCUT2D eigenvalue weighted by molar-refractivity contribution is -0.148. The van der Waals surface area contributed by atoms with Gasteiger partial charge in [-0.1, -0.05) is 30.3 Å². The number of carbonyl (C=O) groups is 2. The highest BCUT2D eigenvalue weighted by Crippen LogP contribution is 2.13. The van der Waals surface area contributed by atoms with E-state index in [0.717, 1.165) is 5.56 Å². The van der Waals surface area contributed by atoms with E-state index in [0.29, 0.717) is 0 Å². The Hall–Kier alpha value is -1.99. The average Bonchev–Trinajstić information content (AvgIpc) is 2.50. The third kappa shape index (κ3) is 5.13. The van der Waals surface area contributed by atoms with Crippen molar-refractivity contribution < 1.29 is 23.8 Å². The molecule has 2 atom stereocenters. The van der Waals surface area contributed by atoms with Gasteiger partial charge in [0, 0.05) is 0 Å². The van der Waals surface area contributed by atoms with Crippen molar-refractivity contribution >= 4 is 11.9 Å². The molecule has 2 unspecified atom stereocenters. The number of aliphatic carboxylic acids is 1. The number of carboxylic acid groups (broad SMARTS) is 1. The summed E-state index contributed by atoms with van der Waals surface area (Å²) in [6.07, 6.45) is -0.319. The SMILES string of the molecule is NC(CCC(N)(CF)C(=O)O)C(=O)OCc1ccccc1. The Morgan fingerprint density at radius 1 is 1.33 bits per heavy atom. The van der Waals surface area contributed by atoms with Gasteiger partial charge >= 0.3 is 11.9 Å². The van der Waals surface area contributed by atoms with E-state index in [1.807, 2.05) is 6.07 Å². The van der Waals surface area contributed by atoms with E-state index in [4.69, 9.17) is 21.3 Å². The molecule has 0 aliphatic carbocycles. The molecule has 0 aliphatic rings. The highest BCUT2D eigenvalue weighted by molar-refractivity contribution is 5.79. The first-order valence-corrected chi connectivity index (χ1v) is 6.43. The van der Waals surface area contributed by atoms with Gasteiger partial charge in [0.05, 0.1) is 0 Å². The molecule has 0 spiro atoms. The maximum Gasteiger partial charge on any atom is 0.326 e. The summed E-state index contributed by atoms with van der Waals surface area (Å²) in [5, 5.41) is 8.81. The van der Waals surface area contributed by atoms with Gasteiger partial charge in [0.15, 0.2) is 0 Å². The zero-order valence-electron chi connectivity index (χ0n) is 11.5. The molecule has 6 nitrogen and oxygen atoms in total. The number of carboxylic acids is 1. The van der Waals surface area contributed by atoms with Gasteiger partial charge in [0.25, 0.3) is 0 Å². The first kappa shape index (κ1) is 17.1. The standard InChI is InChI=1S/C14H19FN2O4/c15-9-14(17,13(19)20)7-6-11(16)12(18)21-8-10-4-2-1-3-5-10/h1-5,11H,6-9,16-17H2,(H,19,20).